The average Bonchev–Trinajstić information content (AvgIpc) is 3.34. The number of hydrogen-bond donors (Lipinski definition) is 2. The van der Waals surface area contributed by atoms with Crippen molar-refractivity contribution in [1.82, 2.24) is 5.32 Å². The van der Waals surface area contributed by atoms with E-state index in [1.54, 1.807) is 24.3 Å². The molecule has 2 N–H and O–H groups in total. The summed E-state index contributed by atoms with van der Waals surface area (Å²) in [6.07, 6.45) is 8.81. The summed E-state index contributed by atoms with van der Waals surface area (Å²) in [5, 5.41) is 6.22. The Kier molecular flexibility index (Phi) is 6.85. The third kappa shape index (κ3) is 5.44. The Balaban J connectivity index is 1.35. The minimum atomic E-state index is -0.330. The molecule has 1 aliphatic rings. The molecule has 140 valence electrons. The van der Waals surface area contributed by atoms with Crippen molar-refractivity contribution in [2.45, 2.75) is 44.6 Å². The van der Waals surface area contributed by atoms with Gasteiger partial charge in [-0.25, -0.2) is 0 Å². The molecule has 6 nitrogen and oxygen atoms in total. The monoisotopic (exact) mass is 376 g/mol. The highest BCUT2D eigenvalue weighted by atomic mass is 32.1. The molecule has 7 heteroatoms. The Morgan fingerprint density at radius 1 is 1.15 bits per heavy atom. The van der Waals surface area contributed by atoms with Crippen molar-refractivity contribution < 1.29 is 18.7 Å². The molecule has 0 atom stereocenters. The number of hydrogen-bond acceptors (Lipinski definition) is 5. The molecule has 0 saturated heterocycles. The largest absolute Gasteiger partial charge is 0.459 e. The second-order valence-corrected chi connectivity index (χ2v) is 7.42. The number of carbonyl (C=O) groups excluding carboxylic acids is 2. The Morgan fingerprint density at radius 3 is 2.77 bits per heavy atom. The maximum atomic E-state index is 12.2. The van der Waals surface area contributed by atoms with E-state index in [1.807, 2.05) is 0 Å². The predicted octanol–water partition coefficient (Wildman–Crippen LogP) is 4.06. The second-order valence-electron chi connectivity index (χ2n) is 6.34. The maximum Gasteiger partial charge on any atom is 0.291 e. The first-order valence-electron chi connectivity index (χ1n) is 9.07. The molecule has 26 heavy (non-hydrogen) atoms. The lowest BCUT2D eigenvalue weighted by Gasteiger charge is -2.21. The molecule has 2 aromatic rings. The van der Waals surface area contributed by atoms with Crippen LogP contribution in [0.1, 0.15) is 58.8 Å². The lowest BCUT2D eigenvalue weighted by atomic mass is 9.98. The van der Waals surface area contributed by atoms with E-state index < -0.39 is 0 Å². The third-order valence-corrected chi connectivity index (χ3v) is 5.32. The first-order valence-corrected chi connectivity index (χ1v) is 9.88. The topological polar surface area (TPSA) is 80.6 Å². The normalized spacial score (nSPS) is 14.9. The Labute approximate surface area is 156 Å². The Morgan fingerprint density at radius 2 is 2.00 bits per heavy atom. The van der Waals surface area contributed by atoms with Crippen LogP contribution in [-0.4, -0.2) is 31.1 Å². The van der Waals surface area contributed by atoms with Crippen molar-refractivity contribution >= 4 is 28.2 Å². The van der Waals surface area contributed by atoms with Gasteiger partial charge in [-0.15, -0.1) is 11.3 Å². The molecule has 0 unspecified atom stereocenters. The molecule has 2 amide bonds. The average molecular weight is 376 g/mol. The predicted molar refractivity (Wildman–Crippen MR) is 101 cm³/mol. The lowest BCUT2D eigenvalue weighted by Crippen LogP contribution is -2.25. The summed E-state index contributed by atoms with van der Waals surface area (Å²) in [4.78, 5) is 24.6. The fraction of sp³-hybridized carbons (Fsp3) is 0.474. The standard InChI is InChI=1S/C19H24N2O4S/c22-18(15-8-4-12-25-15)21-17-10-9-16(26-17)19(23)20-11-5-13-24-14-6-2-1-3-7-14/h4,8-10,12,14H,1-3,5-7,11,13H2,(H,20,23)(H,21,22). The van der Waals surface area contributed by atoms with Crippen molar-refractivity contribution in [2.75, 3.05) is 18.5 Å². The van der Waals surface area contributed by atoms with E-state index in [-0.39, 0.29) is 17.6 Å². The van der Waals surface area contributed by atoms with Crippen LogP contribution in [0.4, 0.5) is 5.00 Å². The van der Waals surface area contributed by atoms with Gasteiger partial charge in [0.2, 0.25) is 0 Å². The van der Waals surface area contributed by atoms with Crippen molar-refractivity contribution in [3.63, 3.8) is 0 Å². The van der Waals surface area contributed by atoms with Crippen molar-refractivity contribution in [3.8, 4) is 0 Å². The van der Waals surface area contributed by atoms with Gasteiger partial charge in [0.1, 0.15) is 0 Å². The smallest absolute Gasteiger partial charge is 0.291 e. The molecular formula is C19H24N2O4S. The molecule has 0 aromatic carbocycles. The molecule has 2 aromatic heterocycles. The molecule has 2 heterocycles. The van der Waals surface area contributed by atoms with Crippen LogP contribution in [0.2, 0.25) is 0 Å². The van der Waals surface area contributed by atoms with Crippen LogP contribution < -0.4 is 10.6 Å². The highest BCUT2D eigenvalue weighted by Gasteiger charge is 2.14. The van der Waals surface area contributed by atoms with Crippen LogP contribution in [0.25, 0.3) is 0 Å². The highest BCUT2D eigenvalue weighted by Crippen LogP contribution is 2.23. The Bertz CT molecular complexity index is 705. The number of thiophene rings is 1. The quantitative estimate of drug-likeness (QED) is 0.681. The summed E-state index contributed by atoms with van der Waals surface area (Å²) >= 11 is 1.24. The SMILES string of the molecule is O=C(Nc1ccc(C(=O)NCCCOC2CCCCC2)s1)c1ccco1. The lowest BCUT2D eigenvalue weighted by molar-refractivity contribution is 0.0273. The number of amides is 2. The number of nitrogens with one attached hydrogen (secondary N) is 2. The number of ether oxygens (including phenoxy) is 1. The maximum absolute atomic E-state index is 12.2. The summed E-state index contributed by atoms with van der Waals surface area (Å²) in [7, 11) is 0. The van der Waals surface area contributed by atoms with E-state index in [0.29, 0.717) is 29.1 Å². The molecule has 1 saturated carbocycles. The van der Waals surface area contributed by atoms with Crippen molar-refractivity contribution in [2.24, 2.45) is 0 Å². The van der Waals surface area contributed by atoms with Crippen LogP contribution in [0.15, 0.2) is 34.9 Å². The number of furan rings is 1. The summed E-state index contributed by atoms with van der Waals surface area (Å²) < 4.78 is 10.9. The van der Waals surface area contributed by atoms with E-state index in [4.69, 9.17) is 9.15 Å². The van der Waals surface area contributed by atoms with Gasteiger partial charge in [-0.1, -0.05) is 19.3 Å². The van der Waals surface area contributed by atoms with Gasteiger partial charge in [-0.3, -0.25) is 9.59 Å². The van der Waals surface area contributed by atoms with Crippen molar-refractivity contribution in [1.29, 1.82) is 0 Å². The van der Waals surface area contributed by atoms with Crippen LogP contribution in [0.5, 0.6) is 0 Å². The van der Waals surface area contributed by atoms with E-state index in [1.165, 1.54) is 36.9 Å². The van der Waals surface area contributed by atoms with Gasteiger partial charge in [0.05, 0.1) is 22.2 Å². The van der Waals surface area contributed by atoms with Crippen molar-refractivity contribution in [3.05, 3.63) is 41.2 Å². The molecule has 3 rings (SSSR count). The molecule has 1 aliphatic carbocycles. The number of anilines is 1. The zero-order valence-electron chi connectivity index (χ0n) is 14.7. The van der Waals surface area contributed by atoms with Gasteiger partial charge in [-0.2, -0.15) is 0 Å². The summed E-state index contributed by atoms with van der Waals surface area (Å²) in [6, 6.07) is 6.66. The molecule has 1 fully saturated rings. The fourth-order valence-electron chi connectivity index (χ4n) is 2.95. The minimum absolute atomic E-state index is 0.133. The first kappa shape index (κ1) is 18.7. The highest BCUT2D eigenvalue weighted by molar-refractivity contribution is 7.18. The molecule has 0 spiro atoms. The zero-order chi connectivity index (χ0) is 18.2. The summed E-state index contributed by atoms with van der Waals surface area (Å²) in [5.41, 5.74) is 0. The first-order chi connectivity index (χ1) is 12.7. The van der Waals surface area contributed by atoms with Gasteiger partial charge < -0.3 is 19.8 Å². The van der Waals surface area contributed by atoms with Gasteiger partial charge in [-0.05, 0) is 43.5 Å². The second kappa shape index (κ2) is 9.54. The van der Waals surface area contributed by atoms with Crippen LogP contribution in [-0.2, 0) is 4.74 Å². The van der Waals surface area contributed by atoms with Gasteiger partial charge in [0.15, 0.2) is 5.76 Å². The molecule has 0 aliphatic heterocycles. The molecule has 0 bridgehead atoms. The summed E-state index contributed by atoms with van der Waals surface area (Å²) in [6.45, 7) is 1.26. The Hall–Kier alpha value is -2.12. The number of carbonyl (C=O) groups is 2. The van der Waals surface area contributed by atoms with Crippen LogP contribution in [0, 0.1) is 0 Å². The van der Waals surface area contributed by atoms with Gasteiger partial charge >= 0.3 is 0 Å². The third-order valence-electron chi connectivity index (χ3n) is 4.32. The van der Waals surface area contributed by atoms with E-state index in [2.05, 4.69) is 10.6 Å². The van der Waals surface area contributed by atoms with E-state index in [0.717, 1.165) is 19.3 Å². The summed E-state index contributed by atoms with van der Waals surface area (Å²) in [5.74, 6) is -0.225. The van der Waals surface area contributed by atoms with E-state index in [9.17, 15) is 9.59 Å². The molecule has 0 radical (unpaired) electrons. The van der Waals surface area contributed by atoms with Crippen LogP contribution >= 0.6 is 11.3 Å². The zero-order valence-corrected chi connectivity index (χ0v) is 15.5. The van der Waals surface area contributed by atoms with Gasteiger partial charge in [0.25, 0.3) is 11.8 Å². The fourth-order valence-corrected chi connectivity index (χ4v) is 3.77. The molecular weight excluding hydrogens is 352 g/mol. The van der Waals surface area contributed by atoms with E-state index >= 15 is 0 Å². The van der Waals surface area contributed by atoms with Crippen LogP contribution in [0.3, 0.4) is 0 Å². The minimum Gasteiger partial charge on any atom is -0.459 e. The van der Waals surface area contributed by atoms with Gasteiger partial charge in [0, 0.05) is 13.2 Å². The number of rotatable bonds is 8.